The molecule has 2 aromatic heterocycles. The van der Waals surface area contributed by atoms with Crippen molar-refractivity contribution in [1.29, 1.82) is 0 Å². The fourth-order valence-electron chi connectivity index (χ4n) is 2.91. The first-order valence-electron chi connectivity index (χ1n) is 9.49. The molecular weight excluding hydrogens is 388 g/mol. The molecule has 1 amide bonds. The van der Waals surface area contributed by atoms with E-state index in [1.807, 2.05) is 37.3 Å². The lowest BCUT2D eigenvalue weighted by atomic mass is 10.2. The largest absolute Gasteiger partial charge is 0.483 e. The number of pyridine rings is 1. The Morgan fingerprint density at radius 1 is 1.20 bits per heavy atom. The van der Waals surface area contributed by atoms with Gasteiger partial charge in [0.15, 0.2) is 17.3 Å². The lowest BCUT2D eigenvalue weighted by Crippen LogP contribution is -2.34. The molecule has 0 saturated carbocycles. The van der Waals surface area contributed by atoms with Crippen molar-refractivity contribution in [3.8, 4) is 5.75 Å². The molecule has 30 heavy (non-hydrogen) atoms. The summed E-state index contributed by atoms with van der Waals surface area (Å²) in [6.07, 6.45) is 1.54. The van der Waals surface area contributed by atoms with Crippen LogP contribution in [0.15, 0.2) is 51.9 Å². The number of carbonyl (C=O) groups excluding carboxylic acids is 1. The summed E-state index contributed by atoms with van der Waals surface area (Å²) >= 11 is 0. The average molecular weight is 412 g/mol. The third kappa shape index (κ3) is 4.93. The van der Waals surface area contributed by atoms with E-state index in [9.17, 15) is 9.59 Å². The molecule has 0 aliphatic heterocycles. The summed E-state index contributed by atoms with van der Waals surface area (Å²) in [5.41, 5.74) is 0.700. The number of nitrogens with zero attached hydrogens (tertiary/aromatic N) is 4. The van der Waals surface area contributed by atoms with Gasteiger partial charge in [-0.2, -0.15) is 4.98 Å². The summed E-state index contributed by atoms with van der Waals surface area (Å²) in [6, 6.07) is 10.8. The molecule has 0 aliphatic rings. The topological polar surface area (TPSA) is 99.7 Å². The number of ether oxygens (including phenoxy) is 2. The Bertz CT molecular complexity index is 1050. The summed E-state index contributed by atoms with van der Waals surface area (Å²) in [4.78, 5) is 31.5. The Labute approximate surface area is 173 Å². The number of rotatable bonds is 9. The van der Waals surface area contributed by atoms with Crippen molar-refractivity contribution in [3.05, 3.63) is 75.8 Å². The van der Waals surface area contributed by atoms with E-state index in [-0.39, 0.29) is 48.4 Å². The zero-order valence-corrected chi connectivity index (χ0v) is 17.2. The van der Waals surface area contributed by atoms with Crippen molar-refractivity contribution in [1.82, 2.24) is 19.6 Å². The van der Waals surface area contributed by atoms with Crippen LogP contribution in [0, 0.1) is 0 Å². The maximum absolute atomic E-state index is 13.3. The van der Waals surface area contributed by atoms with Crippen LogP contribution >= 0.6 is 0 Å². The number of hydrogen-bond acceptors (Lipinski definition) is 7. The minimum absolute atomic E-state index is 0.0119. The zero-order valence-electron chi connectivity index (χ0n) is 17.2. The number of carbonyl (C=O) groups is 1. The van der Waals surface area contributed by atoms with E-state index in [0.29, 0.717) is 12.4 Å². The van der Waals surface area contributed by atoms with Crippen molar-refractivity contribution in [2.24, 2.45) is 7.05 Å². The first-order chi connectivity index (χ1) is 14.5. The monoisotopic (exact) mass is 412 g/mol. The highest BCUT2D eigenvalue weighted by molar-refractivity contribution is 5.95. The van der Waals surface area contributed by atoms with Crippen LogP contribution in [0.25, 0.3) is 0 Å². The van der Waals surface area contributed by atoms with Gasteiger partial charge in [-0.3, -0.25) is 9.59 Å². The lowest BCUT2D eigenvalue weighted by Gasteiger charge is -2.22. The van der Waals surface area contributed by atoms with E-state index in [1.165, 1.54) is 18.1 Å². The SMILES string of the molecule is CCN(Cc1nc(COC)no1)C(=O)c1c(OCc2ccccc2)c(=O)ccn1C. The van der Waals surface area contributed by atoms with Gasteiger partial charge in [-0.25, -0.2) is 0 Å². The molecular formula is C21H24N4O5. The molecule has 3 rings (SSSR count). The van der Waals surface area contributed by atoms with Crippen LogP contribution in [0.1, 0.15) is 34.7 Å². The maximum Gasteiger partial charge on any atom is 0.274 e. The summed E-state index contributed by atoms with van der Waals surface area (Å²) in [7, 11) is 3.23. The molecule has 0 atom stereocenters. The number of benzene rings is 1. The van der Waals surface area contributed by atoms with Crippen LogP contribution in [0.2, 0.25) is 0 Å². The van der Waals surface area contributed by atoms with Crippen LogP contribution in [-0.2, 0) is 31.5 Å². The molecule has 0 saturated heterocycles. The molecule has 0 radical (unpaired) electrons. The number of aromatic nitrogens is 3. The minimum Gasteiger partial charge on any atom is -0.483 e. The van der Waals surface area contributed by atoms with Gasteiger partial charge in [0.25, 0.3) is 5.91 Å². The van der Waals surface area contributed by atoms with Gasteiger partial charge in [0.2, 0.25) is 11.3 Å². The molecule has 0 bridgehead atoms. The fourth-order valence-corrected chi connectivity index (χ4v) is 2.91. The molecule has 3 aromatic rings. The Morgan fingerprint density at radius 3 is 2.67 bits per heavy atom. The zero-order chi connectivity index (χ0) is 21.5. The molecule has 0 fully saturated rings. The Hall–Kier alpha value is -3.46. The van der Waals surface area contributed by atoms with E-state index in [4.69, 9.17) is 14.0 Å². The first-order valence-corrected chi connectivity index (χ1v) is 9.49. The van der Waals surface area contributed by atoms with E-state index in [0.717, 1.165) is 5.56 Å². The van der Waals surface area contributed by atoms with Crippen LogP contribution in [0.4, 0.5) is 0 Å². The van der Waals surface area contributed by atoms with Crippen molar-refractivity contribution in [2.45, 2.75) is 26.7 Å². The van der Waals surface area contributed by atoms with Gasteiger partial charge < -0.3 is 23.5 Å². The maximum atomic E-state index is 13.3. The number of hydrogen-bond donors (Lipinski definition) is 0. The molecule has 0 spiro atoms. The van der Waals surface area contributed by atoms with Gasteiger partial charge in [0.1, 0.15) is 19.8 Å². The normalized spacial score (nSPS) is 10.8. The van der Waals surface area contributed by atoms with Crippen molar-refractivity contribution in [3.63, 3.8) is 0 Å². The van der Waals surface area contributed by atoms with Gasteiger partial charge in [-0.1, -0.05) is 35.5 Å². The molecule has 0 aliphatic carbocycles. The van der Waals surface area contributed by atoms with E-state index >= 15 is 0 Å². The molecule has 158 valence electrons. The molecule has 9 heteroatoms. The third-order valence-corrected chi connectivity index (χ3v) is 4.45. The van der Waals surface area contributed by atoms with E-state index < -0.39 is 0 Å². The Morgan fingerprint density at radius 2 is 1.97 bits per heavy atom. The number of methoxy groups -OCH3 is 1. The molecule has 2 heterocycles. The predicted octanol–water partition coefficient (Wildman–Crippen LogP) is 2.16. The second-order valence-electron chi connectivity index (χ2n) is 6.60. The van der Waals surface area contributed by atoms with Gasteiger partial charge in [0.05, 0.1) is 0 Å². The molecule has 0 unspecified atom stereocenters. The smallest absolute Gasteiger partial charge is 0.274 e. The minimum atomic E-state index is -0.368. The quantitative estimate of drug-likeness (QED) is 0.531. The first kappa shape index (κ1) is 21.3. The van der Waals surface area contributed by atoms with Crippen molar-refractivity contribution >= 4 is 5.91 Å². The highest BCUT2D eigenvalue weighted by Crippen LogP contribution is 2.18. The van der Waals surface area contributed by atoms with E-state index in [2.05, 4.69) is 10.1 Å². The van der Waals surface area contributed by atoms with Crippen LogP contribution in [-0.4, -0.2) is 39.2 Å². The second kappa shape index (κ2) is 9.84. The number of aryl methyl sites for hydroxylation is 1. The summed E-state index contributed by atoms with van der Waals surface area (Å²) in [6.45, 7) is 2.70. The highest BCUT2D eigenvalue weighted by Gasteiger charge is 2.25. The van der Waals surface area contributed by atoms with Crippen LogP contribution < -0.4 is 10.2 Å². The van der Waals surface area contributed by atoms with Gasteiger partial charge in [-0.15, -0.1) is 0 Å². The third-order valence-electron chi connectivity index (χ3n) is 4.45. The number of amides is 1. The lowest BCUT2D eigenvalue weighted by molar-refractivity contribution is 0.0717. The molecule has 1 aromatic carbocycles. The predicted molar refractivity (Wildman–Crippen MR) is 108 cm³/mol. The molecule has 9 nitrogen and oxygen atoms in total. The Kier molecular flexibility index (Phi) is 6.97. The van der Waals surface area contributed by atoms with Gasteiger partial charge >= 0.3 is 0 Å². The molecule has 0 N–H and O–H groups in total. The van der Waals surface area contributed by atoms with Crippen LogP contribution in [0.5, 0.6) is 5.75 Å². The van der Waals surface area contributed by atoms with Crippen molar-refractivity contribution < 1.29 is 18.8 Å². The van der Waals surface area contributed by atoms with Crippen molar-refractivity contribution in [2.75, 3.05) is 13.7 Å². The summed E-state index contributed by atoms with van der Waals surface area (Å²) < 4.78 is 17.5. The van der Waals surface area contributed by atoms with Gasteiger partial charge in [-0.05, 0) is 12.5 Å². The summed E-state index contributed by atoms with van der Waals surface area (Å²) in [5.74, 6) is 0.324. The summed E-state index contributed by atoms with van der Waals surface area (Å²) in [5, 5.41) is 3.81. The standard InChI is InChI=1S/C21H24N4O5/c1-4-25(12-18-22-17(14-28-3)23-30-18)21(27)19-20(16(26)10-11-24(19)2)29-13-15-8-6-5-7-9-15/h5-11H,4,12-14H2,1-3H3. The van der Waals surface area contributed by atoms with E-state index in [1.54, 1.807) is 17.8 Å². The second-order valence-corrected chi connectivity index (χ2v) is 6.60. The highest BCUT2D eigenvalue weighted by atomic mass is 16.5. The fraction of sp³-hybridized carbons (Fsp3) is 0.333. The van der Waals surface area contributed by atoms with Crippen LogP contribution in [0.3, 0.4) is 0 Å². The average Bonchev–Trinajstić information content (AvgIpc) is 3.20. The Balaban J connectivity index is 1.85. The van der Waals surface area contributed by atoms with Gasteiger partial charge in [0, 0.05) is 33.0 Å².